The topological polar surface area (TPSA) is 108 Å². The van der Waals surface area contributed by atoms with Crippen LogP contribution in [-0.2, 0) is 14.3 Å². The van der Waals surface area contributed by atoms with Crippen LogP contribution in [0.2, 0.25) is 0 Å². The fourth-order valence-corrected chi connectivity index (χ4v) is 3.61. The Morgan fingerprint density at radius 2 is 1.67 bits per heavy atom. The summed E-state index contributed by atoms with van der Waals surface area (Å²) in [5, 5.41) is 13.2. The van der Waals surface area contributed by atoms with Gasteiger partial charge in [0, 0.05) is 12.1 Å². The monoisotopic (exact) mass is 515 g/mol. The lowest BCUT2D eigenvalue weighted by Crippen LogP contribution is -2.49. The molecular formula is C23H22F5N3O5. The Labute approximate surface area is 202 Å². The van der Waals surface area contributed by atoms with Gasteiger partial charge in [0.05, 0.1) is 18.8 Å². The van der Waals surface area contributed by atoms with Gasteiger partial charge in [-0.05, 0) is 24.1 Å². The lowest BCUT2D eigenvalue weighted by Gasteiger charge is -2.26. The Kier molecular flexibility index (Phi) is 7.82. The first-order chi connectivity index (χ1) is 16.9. The number of nitrogens with one attached hydrogen (secondary N) is 2. The summed E-state index contributed by atoms with van der Waals surface area (Å²) in [6.45, 7) is -1.48. The summed E-state index contributed by atoms with van der Waals surface area (Å²) in [5.41, 5.74) is 2.19. The molecule has 2 aromatic rings. The van der Waals surface area contributed by atoms with Crippen molar-refractivity contribution in [3.63, 3.8) is 0 Å². The van der Waals surface area contributed by atoms with E-state index in [0.29, 0.717) is 22.4 Å². The number of benzene rings is 2. The molecule has 3 amide bonds. The van der Waals surface area contributed by atoms with Crippen LogP contribution in [-0.4, -0.2) is 60.9 Å². The van der Waals surface area contributed by atoms with Crippen molar-refractivity contribution in [1.82, 2.24) is 10.6 Å². The third-order valence-corrected chi connectivity index (χ3v) is 5.40. The summed E-state index contributed by atoms with van der Waals surface area (Å²) in [5.74, 6) is -6.80. The highest BCUT2D eigenvalue weighted by Crippen LogP contribution is 2.40. The zero-order valence-corrected chi connectivity index (χ0v) is 18.8. The molecular weight excluding hydrogens is 493 g/mol. The SMILES string of the molecule is C[C@H](OC(=O)NCC(F)(F)C(F)(F)F)C(=O)N[C@@H]1C(=O)N(CCO)c2ccccc2-c2ccccc21. The van der Waals surface area contributed by atoms with Crippen molar-refractivity contribution in [3.05, 3.63) is 54.1 Å². The van der Waals surface area contributed by atoms with E-state index in [9.17, 15) is 41.4 Å². The number of ether oxygens (including phenoxy) is 1. The quantitative estimate of drug-likeness (QED) is 0.491. The van der Waals surface area contributed by atoms with Crippen molar-refractivity contribution < 1.29 is 46.2 Å². The van der Waals surface area contributed by atoms with E-state index >= 15 is 0 Å². The zero-order chi connectivity index (χ0) is 26.7. The molecule has 3 rings (SSSR count). The van der Waals surface area contributed by atoms with E-state index < -0.39 is 48.7 Å². The Morgan fingerprint density at radius 1 is 1.06 bits per heavy atom. The van der Waals surface area contributed by atoms with E-state index in [1.54, 1.807) is 48.5 Å². The fraction of sp³-hybridized carbons (Fsp3) is 0.348. The van der Waals surface area contributed by atoms with Crippen molar-refractivity contribution in [2.45, 2.75) is 31.2 Å². The highest BCUT2D eigenvalue weighted by Gasteiger charge is 2.57. The van der Waals surface area contributed by atoms with Gasteiger partial charge in [0.1, 0.15) is 6.04 Å². The van der Waals surface area contributed by atoms with Gasteiger partial charge in [-0.2, -0.15) is 22.0 Å². The number of β-amino-alcohol motifs (C(OH)–C–C–N with tert-alkyl or cyclic N) is 1. The first kappa shape index (κ1) is 26.9. The third kappa shape index (κ3) is 5.56. The first-order valence-corrected chi connectivity index (χ1v) is 10.7. The van der Waals surface area contributed by atoms with Crippen molar-refractivity contribution >= 4 is 23.6 Å². The van der Waals surface area contributed by atoms with E-state index in [4.69, 9.17) is 0 Å². The normalized spacial score (nSPS) is 16.4. The number of anilines is 1. The molecule has 8 nitrogen and oxygen atoms in total. The average molecular weight is 515 g/mol. The number of alkyl carbamates (subject to hydrolysis) is 1. The molecule has 2 atom stereocenters. The second-order valence-electron chi connectivity index (χ2n) is 7.86. The van der Waals surface area contributed by atoms with Crippen LogP contribution < -0.4 is 15.5 Å². The highest BCUT2D eigenvalue weighted by atomic mass is 19.4. The molecule has 1 aliphatic heterocycles. The maximum atomic E-state index is 13.4. The smallest absolute Gasteiger partial charge is 0.436 e. The van der Waals surface area contributed by atoms with Gasteiger partial charge in [0.15, 0.2) is 6.10 Å². The second kappa shape index (κ2) is 10.5. The summed E-state index contributed by atoms with van der Waals surface area (Å²) in [6, 6.07) is 12.3. The van der Waals surface area contributed by atoms with Gasteiger partial charge >= 0.3 is 18.2 Å². The molecule has 3 N–H and O–H groups in total. The van der Waals surface area contributed by atoms with Crippen LogP contribution in [0.25, 0.3) is 11.1 Å². The van der Waals surface area contributed by atoms with Crippen LogP contribution in [0.4, 0.5) is 32.4 Å². The standard InChI is InChI=1S/C23H22F5N3O5/c1-13(36-21(35)29-12-22(24,25)23(26,27)28)19(33)30-18-16-8-3-2-6-14(16)15-7-4-5-9-17(15)31(10-11-32)20(18)34/h2-9,13,18,32H,10-12H2,1H3,(H,29,35)(H,30,33)/t13-,18-/m0/s1. The van der Waals surface area contributed by atoms with E-state index in [2.05, 4.69) is 10.1 Å². The number of aliphatic hydroxyl groups excluding tert-OH is 1. The van der Waals surface area contributed by atoms with Crippen molar-refractivity contribution in [3.8, 4) is 11.1 Å². The molecule has 1 aliphatic rings. The van der Waals surface area contributed by atoms with Crippen molar-refractivity contribution in [2.75, 3.05) is 24.6 Å². The molecule has 0 saturated heterocycles. The van der Waals surface area contributed by atoms with Crippen LogP contribution in [0.1, 0.15) is 18.5 Å². The number of para-hydroxylation sites is 1. The van der Waals surface area contributed by atoms with Crippen LogP contribution >= 0.6 is 0 Å². The predicted molar refractivity (Wildman–Crippen MR) is 117 cm³/mol. The Morgan fingerprint density at radius 3 is 2.31 bits per heavy atom. The number of hydrogen-bond acceptors (Lipinski definition) is 5. The number of carbonyl (C=O) groups excluding carboxylic acids is 3. The van der Waals surface area contributed by atoms with Crippen LogP contribution in [0.15, 0.2) is 48.5 Å². The molecule has 1 heterocycles. The number of aliphatic hydroxyl groups is 1. The molecule has 0 radical (unpaired) electrons. The predicted octanol–water partition coefficient (Wildman–Crippen LogP) is 3.16. The number of carbonyl (C=O) groups is 3. The third-order valence-electron chi connectivity index (χ3n) is 5.40. The summed E-state index contributed by atoms with van der Waals surface area (Å²) in [6.07, 6.45) is -9.21. The molecule has 0 spiro atoms. The molecule has 0 unspecified atom stereocenters. The van der Waals surface area contributed by atoms with Gasteiger partial charge in [-0.25, -0.2) is 4.79 Å². The number of hydrogen-bond donors (Lipinski definition) is 3. The Bertz CT molecular complexity index is 1140. The number of nitrogens with zero attached hydrogens (tertiary/aromatic N) is 1. The summed E-state index contributed by atoms with van der Waals surface area (Å²) in [7, 11) is 0. The van der Waals surface area contributed by atoms with Crippen LogP contribution in [0.3, 0.4) is 0 Å². The summed E-state index contributed by atoms with van der Waals surface area (Å²) in [4.78, 5) is 39.2. The maximum Gasteiger partial charge on any atom is 0.455 e. The molecule has 0 bridgehead atoms. The van der Waals surface area contributed by atoms with E-state index in [-0.39, 0.29) is 13.2 Å². The minimum atomic E-state index is -5.88. The molecule has 0 saturated carbocycles. The summed E-state index contributed by atoms with van der Waals surface area (Å²) >= 11 is 0. The molecule has 0 aliphatic carbocycles. The van der Waals surface area contributed by atoms with Gasteiger partial charge in [-0.15, -0.1) is 0 Å². The number of rotatable bonds is 7. The minimum absolute atomic E-state index is 0.0852. The van der Waals surface area contributed by atoms with Gasteiger partial charge in [0.2, 0.25) is 0 Å². The number of halogens is 5. The average Bonchev–Trinajstić information content (AvgIpc) is 2.92. The van der Waals surface area contributed by atoms with Gasteiger partial charge < -0.3 is 25.4 Å². The van der Waals surface area contributed by atoms with Crippen molar-refractivity contribution in [1.29, 1.82) is 0 Å². The van der Waals surface area contributed by atoms with E-state index in [1.807, 2.05) is 0 Å². The Balaban J connectivity index is 1.79. The van der Waals surface area contributed by atoms with Crippen LogP contribution in [0.5, 0.6) is 0 Å². The number of amides is 3. The highest BCUT2D eigenvalue weighted by molar-refractivity contribution is 6.06. The summed E-state index contributed by atoms with van der Waals surface area (Å²) < 4.78 is 67.4. The minimum Gasteiger partial charge on any atom is -0.436 e. The van der Waals surface area contributed by atoms with E-state index in [1.165, 1.54) is 10.2 Å². The second-order valence-corrected chi connectivity index (χ2v) is 7.86. The van der Waals surface area contributed by atoms with Gasteiger partial charge in [-0.3, -0.25) is 9.59 Å². The molecule has 194 valence electrons. The van der Waals surface area contributed by atoms with Crippen LogP contribution in [0, 0.1) is 0 Å². The van der Waals surface area contributed by atoms with Crippen molar-refractivity contribution in [2.24, 2.45) is 0 Å². The molecule has 0 fully saturated rings. The number of alkyl halides is 5. The van der Waals surface area contributed by atoms with Gasteiger partial charge in [0.25, 0.3) is 11.8 Å². The lowest BCUT2D eigenvalue weighted by molar-refractivity contribution is -0.278. The van der Waals surface area contributed by atoms with E-state index in [0.717, 1.165) is 6.92 Å². The fourth-order valence-electron chi connectivity index (χ4n) is 3.61. The number of fused-ring (bicyclic) bond motifs is 3. The van der Waals surface area contributed by atoms with Gasteiger partial charge in [-0.1, -0.05) is 42.5 Å². The lowest BCUT2D eigenvalue weighted by atomic mass is 9.95. The maximum absolute atomic E-state index is 13.4. The molecule has 13 heteroatoms. The zero-order valence-electron chi connectivity index (χ0n) is 18.8. The first-order valence-electron chi connectivity index (χ1n) is 10.7. The largest absolute Gasteiger partial charge is 0.455 e. The molecule has 2 aromatic carbocycles. The molecule has 36 heavy (non-hydrogen) atoms. The molecule has 0 aromatic heterocycles. The Hall–Kier alpha value is -3.74.